The summed E-state index contributed by atoms with van der Waals surface area (Å²) in [6.07, 6.45) is -0.779. The van der Waals surface area contributed by atoms with Crippen LogP contribution < -0.4 is 0 Å². The van der Waals surface area contributed by atoms with Crippen molar-refractivity contribution in [2.45, 2.75) is 12.7 Å². The van der Waals surface area contributed by atoms with Crippen LogP contribution in [-0.2, 0) is 9.53 Å². The molecule has 1 rings (SSSR count). The molecular weight excluding hydrogens is 160 g/mol. The number of halogens is 3. The van der Waals surface area contributed by atoms with Crippen molar-refractivity contribution in [3.8, 4) is 0 Å². The van der Waals surface area contributed by atoms with Gasteiger partial charge in [-0.3, -0.25) is 4.79 Å². The molecule has 0 aromatic heterocycles. The van der Waals surface area contributed by atoms with Gasteiger partial charge in [0.2, 0.25) is 0 Å². The minimum Gasteiger partial charge on any atom is -0.466 e. The summed E-state index contributed by atoms with van der Waals surface area (Å²) in [6.45, 7) is -4.71. The van der Waals surface area contributed by atoms with Crippen LogP contribution >= 0.6 is 0 Å². The van der Waals surface area contributed by atoms with Crippen molar-refractivity contribution in [1.29, 1.82) is 0 Å². The largest absolute Gasteiger partial charge is 0.479 e. The summed E-state index contributed by atoms with van der Waals surface area (Å²) >= 11 is 0. The highest BCUT2D eigenvalue weighted by molar-refractivity contribution is 6.58. The lowest BCUT2D eigenvalue weighted by atomic mass is 9.78. The fourth-order valence-corrected chi connectivity index (χ4v) is 1.07. The minimum absolute atomic E-state index is 0.135. The van der Waals surface area contributed by atoms with Crippen molar-refractivity contribution in [2.24, 2.45) is 5.92 Å². The van der Waals surface area contributed by atoms with Gasteiger partial charge < -0.3 is 17.7 Å². The summed E-state index contributed by atoms with van der Waals surface area (Å²) < 4.78 is 39.6. The molecule has 1 unspecified atom stereocenters. The Morgan fingerprint density at radius 3 is 2.55 bits per heavy atom. The Hall–Kier alpha value is -0.675. The number of cyclic esters (lactones) is 1. The molecule has 0 amide bonds. The van der Waals surface area contributed by atoms with Gasteiger partial charge in [0.1, 0.15) is 0 Å². The van der Waals surface area contributed by atoms with Crippen LogP contribution in [0.25, 0.3) is 0 Å². The molecule has 0 saturated carbocycles. The zero-order chi connectivity index (χ0) is 8.48. The van der Waals surface area contributed by atoms with Crippen molar-refractivity contribution in [2.75, 3.05) is 6.61 Å². The average molecular weight is 167 g/mol. The molecule has 1 atom stereocenters. The molecule has 0 spiro atoms. The van der Waals surface area contributed by atoms with E-state index in [0.29, 0.717) is 0 Å². The van der Waals surface area contributed by atoms with Gasteiger partial charge in [-0.15, -0.1) is 0 Å². The van der Waals surface area contributed by atoms with Gasteiger partial charge in [0.25, 0.3) is 0 Å². The second-order valence-corrected chi connectivity index (χ2v) is 2.60. The molecular formula is C5H7BF3O2-. The molecule has 0 aliphatic carbocycles. The molecule has 1 saturated heterocycles. The molecule has 1 aliphatic heterocycles. The number of ether oxygens (including phenoxy) is 1. The minimum atomic E-state index is -4.84. The van der Waals surface area contributed by atoms with E-state index in [1.165, 1.54) is 0 Å². The average Bonchev–Trinajstić information content (AvgIpc) is 2.12. The molecule has 0 N–H and O–H groups in total. The van der Waals surface area contributed by atoms with E-state index >= 15 is 0 Å². The Kier molecular flexibility index (Phi) is 2.11. The SMILES string of the molecule is O=C1OCCC1C[B-](F)(F)F. The zero-order valence-electron chi connectivity index (χ0n) is 5.73. The molecule has 0 aromatic carbocycles. The Morgan fingerprint density at radius 1 is 1.55 bits per heavy atom. The number of carbonyl (C=O) groups is 1. The van der Waals surface area contributed by atoms with E-state index in [2.05, 4.69) is 4.74 Å². The maximum Gasteiger partial charge on any atom is 0.479 e. The highest BCUT2D eigenvalue weighted by Gasteiger charge is 2.34. The van der Waals surface area contributed by atoms with Gasteiger partial charge >= 0.3 is 12.9 Å². The Balaban J connectivity index is 2.43. The molecule has 1 fully saturated rings. The third kappa shape index (κ3) is 2.44. The highest BCUT2D eigenvalue weighted by atomic mass is 19.4. The quantitative estimate of drug-likeness (QED) is 0.458. The first-order chi connectivity index (χ1) is 4.99. The summed E-state index contributed by atoms with van der Waals surface area (Å²) in [4.78, 5) is 10.5. The third-order valence-corrected chi connectivity index (χ3v) is 1.60. The van der Waals surface area contributed by atoms with Gasteiger partial charge in [0.05, 0.1) is 6.61 Å². The fourth-order valence-electron chi connectivity index (χ4n) is 1.07. The fraction of sp³-hybridized carbons (Fsp3) is 0.800. The summed E-state index contributed by atoms with van der Waals surface area (Å²) in [5, 5.41) is 0. The number of carbonyl (C=O) groups excluding carboxylic acids is 1. The first kappa shape index (κ1) is 8.42. The second kappa shape index (κ2) is 2.75. The number of rotatable bonds is 2. The molecule has 0 aromatic rings. The van der Waals surface area contributed by atoms with Gasteiger partial charge in [0.15, 0.2) is 0 Å². The van der Waals surface area contributed by atoms with E-state index in [4.69, 9.17) is 0 Å². The molecule has 6 heteroatoms. The van der Waals surface area contributed by atoms with Crippen LogP contribution in [0.2, 0.25) is 6.32 Å². The molecule has 64 valence electrons. The van der Waals surface area contributed by atoms with Gasteiger partial charge in [-0.05, 0) is 6.42 Å². The van der Waals surface area contributed by atoms with Gasteiger partial charge in [-0.25, -0.2) is 0 Å². The van der Waals surface area contributed by atoms with Crippen LogP contribution in [0.3, 0.4) is 0 Å². The maximum absolute atomic E-state index is 11.7. The van der Waals surface area contributed by atoms with E-state index in [1.54, 1.807) is 0 Å². The zero-order valence-corrected chi connectivity index (χ0v) is 5.73. The lowest BCUT2D eigenvalue weighted by Crippen LogP contribution is -2.22. The van der Waals surface area contributed by atoms with E-state index in [1.807, 2.05) is 0 Å². The van der Waals surface area contributed by atoms with Gasteiger partial charge in [-0.2, -0.15) is 0 Å². The third-order valence-electron chi connectivity index (χ3n) is 1.60. The van der Waals surface area contributed by atoms with Crippen LogP contribution in [0.15, 0.2) is 0 Å². The van der Waals surface area contributed by atoms with Crippen LogP contribution in [0.1, 0.15) is 6.42 Å². The van der Waals surface area contributed by atoms with E-state index in [-0.39, 0.29) is 13.0 Å². The topological polar surface area (TPSA) is 26.3 Å². The van der Waals surface area contributed by atoms with Crippen LogP contribution in [-0.4, -0.2) is 19.6 Å². The first-order valence-electron chi connectivity index (χ1n) is 3.36. The van der Waals surface area contributed by atoms with Crippen molar-refractivity contribution in [1.82, 2.24) is 0 Å². The molecule has 1 aliphatic rings. The van der Waals surface area contributed by atoms with E-state index < -0.39 is 25.2 Å². The van der Waals surface area contributed by atoms with Crippen LogP contribution in [0.5, 0.6) is 0 Å². The summed E-state index contributed by atoms with van der Waals surface area (Å²) in [5.74, 6) is -1.64. The Bertz CT molecular complexity index is 168. The van der Waals surface area contributed by atoms with Crippen LogP contribution in [0.4, 0.5) is 12.9 Å². The van der Waals surface area contributed by atoms with Crippen molar-refractivity contribution < 1.29 is 22.5 Å². The lowest BCUT2D eigenvalue weighted by molar-refractivity contribution is -0.140. The van der Waals surface area contributed by atoms with Crippen molar-refractivity contribution in [3.63, 3.8) is 0 Å². The first-order valence-corrected chi connectivity index (χ1v) is 3.36. The molecule has 0 radical (unpaired) electrons. The van der Waals surface area contributed by atoms with Gasteiger partial charge in [-0.1, -0.05) is 6.32 Å². The number of hydrogen-bond donors (Lipinski definition) is 0. The predicted molar refractivity (Wildman–Crippen MR) is 33.0 cm³/mol. The van der Waals surface area contributed by atoms with Crippen LogP contribution in [0, 0.1) is 5.92 Å². The Morgan fingerprint density at radius 2 is 2.18 bits per heavy atom. The number of hydrogen-bond acceptors (Lipinski definition) is 2. The monoisotopic (exact) mass is 167 g/mol. The molecule has 0 bridgehead atoms. The number of esters is 1. The Labute approximate surface area is 61.8 Å². The van der Waals surface area contributed by atoms with Gasteiger partial charge in [0, 0.05) is 5.92 Å². The predicted octanol–water partition coefficient (Wildman–Crippen LogP) is 1.40. The maximum atomic E-state index is 11.7. The summed E-state index contributed by atoms with van der Waals surface area (Å²) in [5.41, 5.74) is 0. The standard InChI is InChI=1S/C5H7BF3O2/c7-6(8,9)3-4-1-2-11-5(4)10/h4H,1-3H2/q-1. The van der Waals surface area contributed by atoms with E-state index in [0.717, 1.165) is 0 Å². The summed E-state index contributed by atoms with van der Waals surface area (Å²) in [7, 11) is 0. The molecule has 11 heavy (non-hydrogen) atoms. The lowest BCUT2D eigenvalue weighted by Gasteiger charge is -2.15. The summed E-state index contributed by atoms with van der Waals surface area (Å²) in [6, 6.07) is 0. The smallest absolute Gasteiger partial charge is 0.466 e. The van der Waals surface area contributed by atoms with E-state index in [9.17, 15) is 17.7 Å². The normalized spacial score (nSPS) is 25.4. The highest BCUT2D eigenvalue weighted by Crippen LogP contribution is 2.27. The molecule has 2 nitrogen and oxygen atoms in total. The van der Waals surface area contributed by atoms with Crippen molar-refractivity contribution in [3.05, 3.63) is 0 Å². The van der Waals surface area contributed by atoms with Crippen molar-refractivity contribution >= 4 is 12.9 Å². The molecule has 1 heterocycles. The second-order valence-electron chi connectivity index (χ2n) is 2.60.